The predicted molar refractivity (Wildman–Crippen MR) is 151 cm³/mol. The van der Waals surface area contributed by atoms with E-state index in [0.717, 1.165) is 50.7 Å². The van der Waals surface area contributed by atoms with Gasteiger partial charge in [0.2, 0.25) is 0 Å². The van der Waals surface area contributed by atoms with Crippen LogP contribution in [0.25, 0.3) is 0 Å². The van der Waals surface area contributed by atoms with E-state index in [0.29, 0.717) is 12.8 Å². The average Bonchev–Trinajstić information content (AvgIpc) is 2.88. The molecule has 2 aromatic rings. The molecule has 2 aromatic carbocycles. The quantitative estimate of drug-likeness (QED) is 0.109. The van der Waals surface area contributed by atoms with Gasteiger partial charge < -0.3 is 18.9 Å². The fourth-order valence-electron chi connectivity index (χ4n) is 3.61. The first-order chi connectivity index (χ1) is 18.8. The summed E-state index contributed by atoms with van der Waals surface area (Å²) in [5.41, 5.74) is -0.977. The number of unbranched alkanes of at least 4 members (excludes halogenated alkanes) is 5. The molecule has 0 amide bonds. The number of rotatable bonds is 17. The molecule has 6 nitrogen and oxygen atoms in total. The average molecular weight is 563 g/mol. The summed E-state index contributed by atoms with van der Waals surface area (Å²) in [7, 11) is 0. The number of esters is 2. The molecule has 0 unspecified atom stereocenters. The highest BCUT2D eigenvalue weighted by Crippen LogP contribution is 2.29. The van der Waals surface area contributed by atoms with E-state index < -0.39 is 34.8 Å². The lowest BCUT2D eigenvalue weighted by Crippen LogP contribution is -2.27. The molecule has 0 bridgehead atoms. The van der Waals surface area contributed by atoms with Crippen LogP contribution in [0.4, 0.5) is 8.78 Å². The monoisotopic (exact) mass is 562 g/mol. The van der Waals surface area contributed by atoms with Gasteiger partial charge >= 0.3 is 11.9 Å². The first-order valence-corrected chi connectivity index (χ1v) is 14.2. The van der Waals surface area contributed by atoms with Gasteiger partial charge in [-0.15, -0.1) is 0 Å². The Bertz CT molecular complexity index is 1030. The standard InChI is InChI=1S/C32H44F2O6/c1-7-31(3,4)39-27-19-17-23(21-25(27)33)37-29(35)15-13-11-9-10-12-14-16-30(36)38-24-18-20-28(26(34)22-24)40-32(5,6)8-2/h17-22H,7-16H2,1-6H3. The highest BCUT2D eigenvalue weighted by Gasteiger charge is 2.21. The Hall–Kier alpha value is -3.16. The fourth-order valence-corrected chi connectivity index (χ4v) is 3.61. The van der Waals surface area contributed by atoms with Crippen molar-refractivity contribution in [2.45, 2.75) is 117 Å². The van der Waals surface area contributed by atoms with Crippen molar-refractivity contribution in [3.05, 3.63) is 48.0 Å². The molecule has 0 atom stereocenters. The van der Waals surface area contributed by atoms with Gasteiger partial charge in [0.1, 0.15) is 22.7 Å². The van der Waals surface area contributed by atoms with E-state index in [4.69, 9.17) is 18.9 Å². The molecular formula is C32H44F2O6. The second-order valence-corrected chi connectivity index (χ2v) is 11.2. The first-order valence-electron chi connectivity index (χ1n) is 14.2. The molecule has 0 saturated carbocycles. The van der Waals surface area contributed by atoms with Gasteiger partial charge in [0.05, 0.1) is 0 Å². The lowest BCUT2D eigenvalue weighted by molar-refractivity contribution is -0.135. The SMILES string of the molecule is CCC(C)(C)Oc1ccc(OC(=O)CCCCCCCCC(=O)Oc2ccc(OC(C)(C)CC)c(F)c2)cc1F. The molecule has 0 fully saturated rings. The summed E-state index contributed by atoms with van der Waals surface area (Å²) < 4.78 is 50.4. The van der Waals surface area contributed by atoms with Gasteiger partial charge in [0.15, 0.2) is 23.1 Å². The van der Waals surface area contributed by atoms with Crippen molar-refractivity contribution in [2.75, 3.05) is 0 Å². The summed E-state index contributed by atoms with van der Waals surface area (Å²) in [6, 6.07) is 8.34. The Labute approximate surface area is 237 Å². The van der Waals surface area contributed by atoms with Crippen molar-refractivity contribution >= 4 is 11.9 Å². The van der Waals surface area contributed by atoms with Crippen LogP contribution in [-0.2, 0) is 9.59 Å². The Morgan fingerprint density at radius 1 is 0.625 bits per heavy atom. The third-order valence-electron chi connectivity index (χ3n) is 6.76. The number of hydrogen-bond donors (Lipinski definition) is 0. The zero-order chi connectivity index (χ0) is 29.8. The third-order valence-corrected chi connectivity index (χ3v) is 6.76. The number of hydrogen-bond acceptors (Lipinski definition) is 6. The molecule has 0 aliphatic carbocycles. The summed E-state index contributed by atoms with van der Waals surface area (Å²) in [5, 5.41) is 0. The highest BCUT2D eigenvalue weighted by molar-refractivity contribution is 5.72. The maximum Gasteiger partial charge on any atom is 0.311 e. The largest absolute Gasteiger partial charge is 0.485 e. The molecule has 0 aromatic heterocycles. The topological polar surface area (TPSA) is 71.1 Å². The van der Waals surface area contributed by atoms with E-state index in [-0.39, 0.29) is 35.8 Å². The van der Waals surface area contributed by atoms with E-state index in [1.54, 1.807) is 0 Å². The van der Waals surface area contributed by atoms with E-state index in [2.05, 4.69) is 0 Å². The van der Waals surface area contributed by atoms with Crippen LogP contribution in [0.1, 0.15) is 106 Å². The summed E-state index contributed by atoms with van der Waals surface area (Å²) in [4.78, 5) is 24.2. The molecule has 222 valence electrons. The molecule has 8 heteroatoms. The summed E-state index contributed by atoms with van der Waals surface area (Å²) in [6.45, 7) is 11.4. The van der Waals surface area contributed by atoms with Gasteiger partial charge in [-0.1, -0.05) is 39.5 Å². The Kier molecular flexibility index (Phi) is 12.9. The molecule has 0 aliphatic heterocycles. The molecular weight excluding hydrogens is 518 g/mol. The molecule has 0 heterocycles. The van der Waals surface area contributed by atoms with E-state index in [1.165, 1.54) is 24.3 Å². The van der Waals surface area contributed by atoms with Gasteiger partial charge in [-0.25, -0.2) is 8.78 Å². The lowest BCUT2D eigenvalue weighted by Gasteiger charge is -2.25. The lowest BCUT2D eigenvalue weighted by atomic mass is 10.1. The van der Waals surface area contributed by atoms with Gasteiger partial charge in [0.25, 0.3) is 0 Å². The van der Waals surface area contributed by atoms with Crippen LogP contribution in [0.15, 0.2) is 36.4 Å². The molecule has 0 spiro atoms. The van der Waals surface area contributed by atoms with Crippen molar-refractivity contribution in [3.63, 3.8) is 0 Å². The van der Waals surface area contributed by atoms with Crippen molar-refractivity contribution in [3.8, 4) is 23.0 Å². The normalized spacial score (nSPS) is 11.7. The van der Waals surface area contributed by atoms with Crippen molar-refractivity contribution < 1.29 is 37.3 Å². The van der Waals surface area contributed by atoms with Crippen LogP contribution in [0, 0.1) is 11.6 Å². The van der Waals surface area contributed by atoms with Crippen molar-refractivity contribution in [1.82, 2.24) is 0 Å². The molecule has 40 heavy (non-hydrogen) atoms. The molecule has 0 N–H and O–H groups in total. The summed E-state index contributed by atoms with van der Waals surface area (Å²) in [5.74, 6) is -1.38. The molecule has 0 saturated heterocycles. The number of ether oxygens (including phenoxy) is 4. The minimum Gasteiger partial charge on any atom is -0.485 e. The van der Waals surface area contributed by atoms with Gasteiger partial charge in [-0.2, -0.15) is 0 Å². The smallest absolute Gasteiger partial charge is 0.311 e. The van der Waals surface area contributed by atoms with Crippen molar-refractivity contribution in [1.29, 1.82) is 0 Å². The maximum absolute atomic E-state index is 14.3. The summed E-state index contributed by atoms with van der Waals surface area (Å²) >= 11 is 0. The van der Waals surface area contributed by atoms with Crippen LogP contribution < -0.4 is 18.9 Å². The Morgan fingerprint density at radius 2 is 0.975 bits per heavy atom. The zero-order valence-electron chi connectivity index (χ0n) is 24.7. The predicted octanol–water partition coefficient (Wildman–Crippen LogP) is 8.73. The second-order valence-electron chi connectivity index (χ2n) is 11.2. The third kappa shape index (κ3) is 11.9. The van der Waals surface area contributed by atoms with Crippen LogP contribution in [0.5, 0.6) is 23.0 Å². The number of benzene rings is 2. The van der Waals surface area contributed by atoms with Crippen LogP contribution in [0.3, 0.4) is 0 Å². The minimum absolute atomic E-state index is 0.129. The minimum atomic E-state index is -0.568. The van der Waals surface area contributed by atoms with E-state index in [1.807, 2.05) is 41.5 Å². The van der Waals surface area contributed by atoms with Crippen molar-refractivity contribution in [2.24, 2.45) is 0 Å². The van der Waals surface area contributed by atoms with E-state index in [9.17, 15) is 18.4 Å². The van der Waals surface area contributed by atoms with Crippen LogP contribution in [-0.4, -0.2) is 23.1 Å². The Balaban J connectivity index is 1.58. The zero-order valence-corrected chi connectivity index (χ0v) is 24.7. The second kappa shape index (κ2) is 15.6. The molecule has 2 rings (SSSR count). The molecule has 0 aliphatic rings. The first kappa shape index (κ1) is 33.0. The number of carbonyl (C=O) groups is 2. The summed E-state index contributed by atoms with van der Waals surface area (Å²) in [6.07, 6.45) is 6.77. The molecule has 0 radical (unpaired) electrons. The number of carbonyl (C=O) groups excluding carboxylic acids is 2. The highest BCUT2D eigenvalue weighted by atomic mass is 19.1. The number of halogens is 2. The van der Waals surface area contributed by atoms with E-state index >= 15 is 0 Å². The maximum atomic E-state index is 14.3. The Morgan fingerprint density at radius 3 is 1.30 bits per heavy atom. The van der Waals surface area contributed by atoms with Crippen LogP contribution in [0.2, 0.25) is 0 Å². The van der Waals surface area contributed by atoms with Gasteiger partial charge in [-0.05, 0) is 77.6 Å². The van der Waals surface area contributed by atoms with Gasteiger partial charge in [-0.3, -0.25) is 9.59 Å². The fraction of sp³-hybridized carbons (Fsp3) is 0.562. The van der Waals surface area contributed by atoms with Gasteiger partial charge in [0, 0.05) is 25.0 Å². The van der Waals surface area contributed by atoms with Crippen LogP contribution >= 0.6 is 0 Å².